The van der Waals surface area contributed by atoms with Gasteiger partial charge < -0.3 is 15.5 Å². The molecule has 0 saturated carbocycles. The number of carbonyl (C=O) groups excluding carboxylic acids is 2. The van der Waals surface area contributed by atoms with E-state index in [2.05, 4.69) is 4.98 Å². The van der Waals surface area contributed by atoms with Crippen molar-refractivity contribution in [1.82, 2.24) is 14.8 Å². The van der Waals surface area contributed by atoms with Crippen molar-refractivity contribution in [1.29, 1.82) is 0 Å². The molecule has 2 rings (SSSR count). The number of thiazole rings is 1. The smallest absolute Gasteiger partial charge is 0.273 e. The van der Waals surface area contributed by atoms with Gasteiger partial charge in [-0.1, -0.05) is 0 Å². The second kappa shape index (κ2) is 6.32. The molecule has 1 atom stereocenters. The summed E-state index contributed by atoms with van der Waals surface area (Å²) in [5.41, 5.74) is 6.09. The lowest BCUT2D eigenvalue weighted by Crippen LogP contribution is -2.39. The lowest BCUT2D eigenvalue weighted by Gasteiger charge is -2.20. The van der Waals surface area contributed by atoms with Crippen molar-refractivity contribution in [2.75, 3.05) is 26.7 Å². The average Bonchev–Trinajstić information content (AvgIpc) is 3.08. The van der Waals surface area contributed by atoms with E-state index in [9.17, 15) is 9.59 Å². The number of likely N-dealkylation sites (N-methyl/N-ethyl adjacent to an activating group) is 1. The third-order valence-electron chi connectivity index (χ3n) is 3.31. The van der Waals surface area contributed by atoms with E-state index in [1.54, 1.807) is 17.3 Å². The zero-order chi connectivity index (χ0) is 14.7. The predicted molar refractivity (Wildman–Crippen MR) is 77.5 cm³/mol. The van der Waals surface area contributed by atoms with Crippen LogP contribution in [-0.2, 0) is 4.79 Å². The number of nitrogens with two attached hydrogens (primary N) is 1. The third kappa shape index (κ3) is 3.34. The number of carbonyl (C=O) groups is 2. The lowest BCUT2D eigenvalue weighted by molar-refractivity contribution is -0.130. The van der Waals surface area contributed by atoms with Crippen molar-refractivity contribution in [3.05, 3.63) is 16.1 Å². The number of aromatic nitrogens is 1. The van der Waals surface area contributed by atoms with Gasteiger partial charge in [0.05, 0.1) is 12.6 Å². The standard InChI is InChI=1S/C13H20N4O2S/c1-9(14)12-15-10(8-20-12)13(19)16(2)7-11(18)17-5-3-4-6-17/h8-9H,3-7,14H2,1-2H3. The number of hydrogen-bond acceptors (Lipinski definition) is 5. The normalized spacial score (nSPS) is 16.2. The molecule has 6 nitrogen and oxygen atoms in total. The maximum atomic E-state index is 12.2. The van der Waals surface area contributed by atoms with Crippen molar-refractivity contribution in [2.45, 2.75) is 25.8 Å². The maximum absolute atomic E-state index is 12.2. The first-order valence-corrected chi connectivity index (χ1v) is 7.61. The highest BCUT2D eigenvalue weighted by molar-refractivity contribution is 7.09. The summed E-state index contributed by atoms with van der Waals surface area (Å²) in [5, 5.41) is 2.42. The summed E-state index contributed by atoms with van der Waals surface area (Å²) in [6.45, 7) is 3.52. The first-order valence-electron chi connectivity index (χ1n) is 6.73. The summed E-state index contributed by atoms with van der Waals surface area (Å²) < 4.78 is 0. The second-order valence-corrected chi connectivity index (χ2v) is 6.00. The average molecular weight is 296 g/mol. The molecule has 1 unspecified atom stereocenters. The van der Waals surface area contributed by atoms with Crippen molar-refractivity contribution in [3.8, 4) is 0 Å². The SMILES string of the molecule is CC(N)c1nc(C(=O)N(C)CC(=O)N2CCCC2)cs1. The molecular weight excluding hydrogens is 276 g/mol. The minimum atomic E-state index is -0.235. The van der Waals surface area contributed by atoms with Gasteiger partial charge in [0.25, 0.3) is 5.91 Å². The molecule has 1 aromatic heterocycles. The van der Waals surface area contributed by atoms with Crippen LogP contribution in [0.1, 0.15) is 41.3 Å². The molecule has 110 valence electrons. The van der Waals surface area contributed by atoms with Crippen LogP contribution in [0, 0.1) is 0 Å². The number of likely N-dealkylation sites (tertiary alicyclic amines) is 1. The molecule has 1 aromatic rings. The monoisotopic (exact) mass is 296 g/mol. The Bertz CT molecular complexity index is 494. The van der Waals surface area contributed by atoms with Crippen molar-refractivity contribution < 1.29 is 9.59 Å². The summed E-state index contributed by atoms with van der Waals surface area (Å²) >= 11 is 1.37. The van der Waals surface area contributed by atoms with Gasteiger partial charge in [-0.05, 0) is 19.8 Å². The molecule has 20 heavy (non-hydrogen) atoms. The van der Waals surface area contributed by atoms with Crippen LogP contribution in [-0.4, -0.2) is 53.3 Å². The van der Waals surface area contributed by atoms with Gasteiger partial charge in [-0.3, -0.25) is 9.59 Å². The van der Waals surface area contributed by atoms with Gasteiger partial charge >= 0.3 is 0 Å². The Labute approximate surface area is 122 Å². The van der Waals surface area contributed by atoms with Gasteiger partial charge in [0, 0.05) is 25.5 Å². The van der Waals surface area contributed by atoms with Gasteiger partial charge in [-0.2, -0.15) is 0 Å². The first kappa shape index (κ1) is 14.9. The molecule has 0 spiro atoms. The Balaban J connectivity index is 1.95. The number of rotatable bonds is 4. The van der Waals surface area contributed by atoms with E-state index in [-0.39, 0.29) is 24.4 Å². The fraction of sp³-hybridized carbons (Fsp3) is 0.615. The Morgan fingerprint density at radius 3 is 2.70 bits per heavy atom. The van der Waals surface area contributed by atoms with Crippen molar-refractivity contribution >= 4 is 23.2 Å². The minimum Gasteiger partial charge on any atom is -0.341 e. The maximum Gasteiger partial charge on any atom is 0.273 e. The summed E-state index contributed by atoms with van der Waals surface area (Å²) in [4.78, 5) is 31.6. The zero-order valence-electron chi connectivity index (χ0n) is 11.8. The third-order valence-corrected chi connectivity index (χ3v) is 4.35. The molecule has 1 fully saturated rings. The summed E-state index contributed by atoms with van der Waals surface area (Å²) in [5.74, 6) is -0.235. The zero-order valence-corrected chi connectivity index (χ0v) is 12.7. The molecule has 0 bridgehead atoms. The Morgan fingerprint density at radius 2 is 2.15 bits per heavy atom. The van der Waals surface area contributed by atoms with E-state index in [4.69, 9.17) is 5.73 Å². The van der Waals surface area contributed by atoms with Crippen LogP contribution in [0.5, 0.6) is 0 Å². The van der Waals surface area contributed by atoms with Crippen LogP contribution >= 0.6 is 11.3 Å². The fourth-order valence-electron chi connectivity index (χ4n) is 2.13. The molecule has 2 N–H and O–H groups in total. The van der Waals surface area contributed by atoms with Crippen molar-refractivity contribution in [2.24, 2.45) is 5.73 Å². The van der Waals surface area contributed by atoms with E-state index in [0.29, 0.717) is 5.69 Å². The van der Waals surface area contributed by atoms with Crippen LogP contribution in [0.25, 0.3) is 0 Å². The predicted octanol–water partition coefficient (Wildman–Crippen LogP) is 0.857. The minimum absolute atomic E-state index is 0.000922. The highest BCUT2D eigenvalue weighted by Crippen LogP contribution is 2.17. The van der Waals surface area contributed by atoms with Crippen LogP contribution in [0.15, 0.2) is 5.38 Å². The van der Waals surface area contributed by atoms with Gasteiger partial charge in [0.1, 0.15) is 10.7 Å². The van der Waals surface area contributed by atoms with E-state index in [1.807, 2.05) is 6.92 Å². The van der Waals surface area contributed by atoms with E-state index < -0.39 is 0 Å². The Kier molecular flexibility index (Phi) is 4.72. The Morgan fingerprint density at radius 1 is 1.50 bits per heavy atom. The lowest BCUT2D eigenvalue weighted by atomic mass is 10.3. The first-order chi connectivity index (χ1) is 9.49. The summed E-state index contributed by atoms with van der Waals surface area (Å²) in [7, 11) is 1.63. The molecule has 1 aliphatic heterocycles. The van der Waals surface area contributed by atoms with Crippen LogP contribution in [0.2, 0.25) is 0 Å². The summed E-state index contributed by atoms with van der Waals surface area (Å²) in [6, 6.07) is -0.182. The molecule has 0 aliphatic carbocycles. The number of hydrogen-bond donors (Lipinski definition) is 1. The number of amides is 2. The molecular formula is C13H20N4O2S. The summed E-state index contributed by atoms with van der Waals surface area (Å²) in [6.07, 6.45) is 2.10. The molecule has 1 aliphatic rings. The molecule has 2 amide bonds. The molecule has 0 aromatic carbocycles. The van der Waals surface area contributed by atoms with E-state index >= 15 is 0 Å². The van der Waals surface area contributed by atoms with Gasteiger partial charge in [0.15, 0.2) is 0 Å². The van der Waals surface area contributed by atoms with Gasteiger partial charge in [0.2, 0.25) is 5.91 Å². The van der Waals surface area contributed by atoms with Gasteiger partial charge in [-0.25, -0.2) is 4.98 Å². The molecule has 2 heterocycles. The number of nitrogens with zero attached hydrogens (tertiary/aromatic N) is 3. The molecule has 7 heteroatoms. The van der Waals surface area contributed by atoms with Gasteiger partial charge in [-0.15, -0.1) is 11.3 Å². The van der Waals surface area contributed by atoms with Crippen LogP contribution in [0.3, 0.4) is 0 Å². The highest BCUT2D eigenvalue weighted by atomic mass is 32.1. The Hall–Kier alpha value is -1.47. The second-order valence-electron chi connectivity index (χ2n) is 5.11. The molecule has 0 radical (unpaired) electrons. The van der Waals surface area contributed by atoms with E-state index in [0.717, 1.165) is 30.9 Å². The van der Waals surface area contributed by atoms with Crippen LogP contribution < -0.4 is 5.73 Å². The quantitative estimate of drug-likeness (QED) is 0.893. The molecule has 1 saturated heterocycles. The van der Waals surface area contributed by atoms with Crippen molar-refractivity contribution in [3.63, 3.8) is 0 Å². The topological polar surface area (TPSA) is 79.5 Å². The highest BCUT2D eigenvalue weighted by Gasteiger charge is 2.23. The largest absolute Gasteiger partial charge is 0.341 e. The fourth-order valence-corrected chi connectivity index (χ4v) is 2.88. The van der Waals surface area contributed by atoms with Crippen LogP contribution in [0.4, 0.5) is 0 Å². The van der Waals surface area contributed by atoms with E-state index in [1.165, 1.54) is 16.2 Å².